The van der Waals surface area contributed by atoms with Crippen molar-refractivity contribution in [2.45, 2.75) is 50.1 Å². The molecule has 8 heteroatoms. The van der Waals surface area contributed by atoms with Crippen molar-refractivity contribution in [2.75, 3.05) is 12.1 Å². The summed E-state index contributed by atoms with van der Waals surface area (Å²) in [4.78, 5) is 9.54. The molecule has 2 heterocycles. The van der Waals surface area contributed by atoms with Gasteiger partial charge in [0.15, 0.2) is 11.5 Å². The van der Waals surface area contributed by atoms with Crippen LogP contribution in [-0.4, -0.2) is 22.8 Å². The van der Waals surface area contributed by atoms with Crippen molar-refractivity contribution in [3.8, 4) is 11.5 Å². The molecule has 3 aliphatic rings. The fourth-order valence-electron chi connectivity index (χ4n) is 3.46. The molecule has 1 aromatic carbocycles. The predicted octanol–water partition coefficient (Wildman–Crippen LogP) is 3.74. The third-order valence-electron chi connectivity index (χ3n) is 5.21. The number of anilines is 1. The maximum atomic E-state index is 5.95. The van der Waals surface area contributed by atoms with Crippen molar-refractivity contribution in [3.63, 3.8) is 0 Å². The molecule has 0 saturated heterocycles. The molecule has 2 aromatic rings. The van der Waals surface area contributed by atoms with Gasteiger partial charge in [-0.15, -0.1) is 24.8 Å². The second-order valence-electron chi connectivity index (χ2n) is 7.28. The number of nitrogens with zero attached hydrogens (tertiary/aromatic N) is 2. The van der Waals surface area contributed by atoms with Gasteiger partial charge < -0.3 is 20.5 Å². The lowest BCUT2D eigenvalue weighted by Gasteiger charge is -2.32. The van der Waals surface area contributed by atoms with Gasteiger partial charge in [-0.2, -0.15) is 0 Å². The lowest BCUT2D eigenvalue weighted by Crippen LogP contribution is -2.35. The maximum Gasteiger partial charge on any atom is 0.231 e. The van der Waals surface area contributed by atoms with Crippen molar-refractivity contribution >= 4 is 30.6 Å². The molecule has 0 unspecified atom stereocenters. The zero-order valence-corrected chi connectivity index (χ0v) is 16.5. The summed E-state index contributed by atoms with van der Waals surface area (Å²) in [7, 11) is 0. The van der Waals surface area contributed by atoms with Gasteiger partial charge in [-0.05, 0) is 43.4 Å². The predicted molar refractivity (Wildman–Crippen MR) is 108 cm³/mol. The summed E-state index contributed by atoms with van der Waals surface area (Å²) in [5.41, 5.74) is 8.24. The molecule has 0 atom stereocenters. The number of nitrogens with two attached hydrogens (primary N) is 1. The van der Waals surface area contributed by atoms with Crippen molar-refractivity contribution in [2.24, 2.45) is 5.73 Å². The number of halogens is 2. The molecule has 0 amide bonds. The van der Waals surface area contributed by atoms with E-state index in [4.69, 9.17) is 25.2 Å². The second-order valence-corrected chi connectivity index (χ2v) is 7.28. The number of hydrogen-bond acceptors (Lipinski definition) is 6. The molecule has 146 valence electrons. The number of ether oxygens (including phenoxy) is 2. The monoisotopic (exact) mass is 410 g/mol. The fourth-order valence-corrected chi connectivity index (χ4v) is 3.46. The van der Waals surface area contributed by atoms with Gasteiger partial charge in [-0.1, -0.05) is 6.07 Å². The Kier molecular flexibility index (Phi) is 5.99. The molecule has 0 radical (unpaired) electrons. The van der Waals surface area contributed by atoms with Gasteiger partial charge in [0.1, 0.15) is 11.6 Å². The Hall–Kier alpha value is -1.76. The third kappa shape index (κ3) is 4.23. The normalized spacial score (nSPS) is 22.3. The first-order valence-corrected chi connectivity index (χ1v) is 9.01. The SMILES string of the molecule is Cl.Cl.NC1CC(c2cc(NCc3ccc4c(c3)OCO4)nc(C3CC3)n2)C1. The number of hydrogen-bond donors (Lipinski definition) is 2. The summed E-state index contributed by atoms with van der Waals surface area (Å²) in [6.45, 7) is 0.997. The second kappa shape index (κ2) is 8.09. The van der Waals surface area contributed by atoms with Crippen LogP contribution in [0.4, 0.5) is 5.82 Å². The van der Waals surface area contributed by atoms with Crippen LogP contribution in [0.3, 0.4) is 0 Å². The average molecular weight is 411 g/mol. The minimum Gasteiger partial charge on any atom is -0.454 e. The first kappa shape index (κ1) is 20.0. The van der Waals surface area contributed by atoms with Crippen LogP contribution in [0.1, 0.15) is 54.6 Å². The van der Waals surface area contributed by atoms with E-state index in [9.17, 15) is 0 Å². The van der Waals surface area contributed by atoms with E-state index in [1.54, 1.807) is 0 Å². The molecule has 3 N–H and O–H groups in total. The lowest BCUT2D eigenvalue weighted by atomic mass is 9.78. The van der Waals surface area contributed by atoms with Gasteiger partial charge in [0.25, 0.3) is 0 Å². The zero-order valence-electron chi connectivity index (χ0n) is 14.9. The van der Waals surface area contributed by atoms with E-state index in [0.717, 1.165) is 47.2 Å². The van der Waals surface area contributed by atoms with Crippen molar-refractivity contribution in [1.29, 1.82) is 0 Å². The van der Waals surface area contributed by atoms with Gasteiger partial charge in [-0.3, -0.25) is 0 Å². The van der Waals surface area contributed by atoms with E-state index in [1.807, 2.05) is 12.1 Å². The van der Waals surface area contributed by atoms with Gasteiger partial charge in [0, 0.05) is 36.2 Å². The smallest absolute Gasteiger partial charge is 0.231 e. The van der Waals surface area contributed by atoms with Crippen LogP contribution in [0.15, 0.2) is 24.3 Å². The standard InChI is InChI=1S/C19H22N4O2.2ClH/c20-14-6-13(7-14)15-8-18(23-19(22-15)12-2-3-12)21-9-11-1-4-16-17(5-11)25-10-24-16;;/h1,4-5,8,12-14H,2-3,6-7,9-10,20H2,(H,21,22,23);2*1H. The Morgan fingerprint density at radius 2 is 1.78 bits per heavy atom. The van der Waals surface area contributed by atoms with Crippen molar-refractivity contribution in [1.82, 2.24) is 9.97 Å². The van der Waals surface area contributed by atoms with Crippen molar-refractivity contribution in [3.05, 3.63) is 41.3 Å². The first-order chi connectivity index (χ1) is 12.2. The van der Waals surface area contributed by atoms with E-state index >= 15 is 0 Å². The highest BCUT2D eigenvalue weighted by Crippen LogP contribution is 2.41. The average Bonchev–Trinajstić information content (AvgIpc) is 3.35. The minimum atomic E-state index is 0. The molecule has 5 rings (SSSR count). The van der Waals surface area contributed by atoms with Gasteiger partial charge >= 0.3 is 0 Å². The van der Waals surface area contributed by atoms with Crippen LogP contribution < -0.4 is 20.5 Å². The Labute approximate surface area is 171 Å². The summed E-state index contributed by atoms with van der Waals surface area (Å²) >= 11 is 0. The maximum absolute atomic E-state index is 5.95. The molecular weight excluding hydrogens is 387 g/mol. The molecule has 1 aromatic heterocycles. The zero-order chi connectivity index (χ0) is 16.8. The van der Waals surface area contributed by atoms with Crippen LogP contribution in [0.25, 0.3) is 0 Å². The number of fused-ring (bicyclic) bond motifs is 1. The summed E-state index contributed by atoms with van der Waals surface area (Å²) < 4.78 is 10.8. The quantitative estimate of drug-likeness (QED) is 0.780. The van der Waals surface area contributed by atoms with Gasteiger partial charge in [0.05, 0.1) is 0 Å². The van der Waals surface area contributed by atoms with Crippen LogP contribution >= 0.6 is 24.8 Å². The summed E-state index contributed by atoms with van der Waals surface area (Å²) in [6.07, 6.45) is 4.47. The summed E-state index contributed by atoms with van der Waals surface area (Å²) in [5, 5.41) is 3.45. The highest BCUT2D eigenvalue weighted by Gasteiger charge is 2.32. The third-order valence-corrected chi connectivity index (χ3v) is 5.21. The highest BCUT2D eigenvalue weighted by atomic mass is 35.5. The Bertz CT molecular complexity index is 810. The van der Waals surface area contributed by atoms with Crippen LogP contribution in [0, 0.1) is 0 Å². The number of rotatable bonds is 5. The van der Waals surface area contributed by atoms with E-state index in [1.165, 1.54) is 12.8 Å². The summed E-state index contributed by atoms with van der Waals surface area (Å²) in [5.74, 6) is 4.55. The molecule has 0 spiro atoms. The first-order valence-electron chi connectivity index (χ1n) is 9.01. The van der Waals surface area contributed by atoms with Gasteiger partial charge in [0.2, 0.25) is 6.79 Å². The number of benzene rings is 1. The highest BCUT2D eigenvalue weighted by molar-refractivity contribution is 5.85. The van der Waals surface area contributed by atoms with Crippen molar-refractivity contribution < 1.29 is 9.47 Å². The Balaban J connectivity index is 0.00000105. The summed E-state index contributed by atoms with van der Waals surface area (Å²) in [6, 6.07) is 8.44. The lowest BCUT2D eigenvalue weighted by molar-refractivity contribution is 0.174. The van der Waals surface area contributed by atoms with Crippen LogP contribution in [-0.2, 0) is 6.54 Å². The molecule has 2 aliphatic carbocycles. The van der Waals surface area contributed by atoms with Crippen LogP contribution in [0.2, 0.25) is 0 Å². The molecule has 1 aliphatic heterocycles. The number of nitrogens with one attached hydrogen (secondary N) is 1. The van der Waals surface area contributed by atoms with E-state index in [0.29, 0.717) is 31.2 Å². The molecule has 2 fully saturated rings. The molecule has 2 saturated carbocycles. The Morgan fingerprint density at radius 1 is 1.00 bits per heavy atom. The van der Waals surface area contributed by atoms with Gasteiger partial charge in [-0.25, -0.2) is 9.97 Å². The topological polar surface area (TPSA) is 82.3 Å². The fraction of sp³-hybridized carbons (Fsp3) is 0.474. The van der Waals surface area contributed by atoms with E-state index < -0.39 is 0 Å². The molecular formula is C19H24Cl2N4O2. The van der Waals surface area contributed by atoms with Crippen LogP contribution in [0.5, 0.6) is 11.5 Å². The van der Waals surface area contributed by atoms with E-state index in [-0.39, 0.29) is 24.8 Å². The largest absolute Gasteiger partial charge is 0.454 e. The number of aromatic nitrogens is 2. The van der Waals surface area contributed by atoms with E-state index in [2.05, 4.69) is 17.4 Å². The molecule has 6 nitrogen and oxygen atoms in total. The minimum absolute atomic E-state index is 0. The molecule has 0 bridgehead atoms. The molecule has 27 heavy (non-hydrogen) atoms. The Morgan fingerprint density at radius 3 is 2.52 bits per heavy atom.